The molecule has 0 fully saturated rings. The van der Waals surface area contributed by atoms with E-state index in [0.717, 1.165) is 17.7 Å². The Balaban J connectivity index is 3.17. The van der Waals surface area contributed by atoms with Gasteiger partial charge in [0, 0.05) is 11.9 Å². The highest BCUT2D eigenvalue weighted by Crippen LogP contribution is 2.13. The molecule has 1 aromatic rings. The topological polar surface area (TPSA) is 53.1 Å². The van der Waals surface area contributed by atoms with Gasteiger partial charge in [-0.3, -0.25) is 0 Å². The molecule has 1 rings (SSSR count). The molecule has 0 radical (unpaired) electrons. The fourth-order valence-corrected chi connectivity index (χ4v) is 1.16. The summed E-state index contributed by atoms with van der Waals surface area (Å²) in [4.78, 5) is 13.5. The van der Waals surface area contributed by atoms with E-state index in [1.807, 2.05) is 6.92 Å². The van der Waals surface area contributed by atoms with Gasteiger partial charge in [-0.2, -0.15) is 0 Å². The zero-order valence-corrected chi connectivity index (χ0v) is 6.64. The number of aromatic carboxylic acids is 1. The molecule has 0 atom stereocenters. The maximum atomic E-state index is 10.6. The number of rotatable bonds is 2. The Morgan fingerprint density at radius 2 is 2.36 bits per heavy atom. The number of aromatic amines is 1. The third-order valence-electron chi connectivity index (χ3n) is 1.75. The summed E-state index contributed by atoms with van der Waals surface area (Å²) in [5, 5.41) is 8.75. The van der Waals surface area contributed by atoms with Crippen molar-refractivity contribution in [3.05, 3.63) is 23.0 Å². The van der Waals surface area contributed by atoms with Crippen molar-refractivity contribution in [2.75, 3.05) is 0 Å². The lowest BCUT2D eigenvalue weighted by Crippen LogP contribution is -2.00. The summed E-state index contributed by atoms with van der Waals surface area (Å²) in [6.45, 7) is 3.71. The van der Waals surface area contributed by atoms with Crippen LogP contribution < -0.4 is 0 Å². The summed E-state index contributed by atoms with van der Waals surface area (Å²) in [5.74, 6) is -0.847. The number of hydrogen-bond acceptors (Lipinski definition) is 1. The number of aryl methyl sites for hydroxylation is 2. The second-order valence-corrected chi connectivity index (χ2v) is 2.47. The maximum Gasteiger partial charge on any atom is 0.337 e. The molecular weight excluding hydrogens is 142 g/mol. The quantitative estimate of drug-likeness (QED) is 0.677. The highest BCUT2D eigenvalue weighted by Gasteiger charge is 2.12. The standard InChI is InChI=1S/C8H11NO2/c1-3-6-4-9-5(2)7(6)8(10)11/h4,9H,3H2,1-2H3,(H,10,11). The van der Waals surface area contributed by atoms with Crippen LogP contribution in [0.25, 0.3) is 0 Å². The average Bonchev–Trinajstić information content (AvgIpc) is 2.30. The summed E-state index contributed by atoms with van der Waals surface area (Å²) in [6, 6.07) is 0. The van der Waals surface area contributed by atoms with E-state index in [1.54, 1.807) is 13.1 Å². The fourth-order valence-electron chi connectivity index (χ4n) is 1.16. The molecule has 0 unspecified atom stereocenters. The average molecular weight is 153 g/mol. The molecule has 0 aromatic carbocycles. The highest BCUT2D eigenvalue weighted by atomic mass is 16.4. The number of carbonyl (C=O) groups is 1. The maximum absolute atomic E-state index is 10.6. The first-order chi connectivity index (χ1) is 5.16. The van der Waals surface area contributed by atoms with E-state index < -0.39 is 5.97 Å². The van der Waals surface area contributed by atoms with Crippen LogP contribution in [0, 0.1) is 6.92 Å². The summed E-state index contributed by atoms with van der Waals surface area (Å²) in [6.07, 6.45) is 2.50. The number of H-pyrrole nitrogens is 1. The zero-order chi connectivity index (χ0) is 8.43. The Bertz CT molecular complexity index is 276. The normalized spacial score (nSPS) is 10.0. The molecule has 0 spiro atoms. The van der Waals surface area contributed by atoms with E-state index in [0.29, 0.717) is 5.56 Å². The van der Waals surface area contributed by atoms with E-state index in [4.69, 9.17) is 5.11 Å². The molecule has 2 N–H and O–H groups in total. The predicted molar refractivity (Wildman–Crippen MR) is 41.9 cm³/mol. The Labute approximate surface area is 65.1 Å². The number of carboxylic acids is 1. The van der Waals surface area contributed by atoms with Crippen LogP contribution in [0.4, 0.5) is 0 Å². The van der Waals surface area contributed by atoms with E-state index in [-0.39, 0.29) is 0 Å². The fraction of sp³-hybridized carbons (Fsp3) is 0.375. The van der Waals surface area contributed by atoms with Crippen molar-refractivity contribution in [2.45, 2.75) is 20.3 Å². The van der Waals surface area contributed by atoms with Crippen molar-refractivity contribution in [2.24, 2.45) is 0 Å². The second-order valence-electron chi connectivity index (χ2n) is 2.47. The molecule has 60 valence electrons. The Kier molecular flexibility index (Phi) is 1.98. The first kappa shape index (κ1) is 7.85. The molecule has 11 heavy (non-hydrogen) atoms. The van der Waals surface area contributed by atoms with Crippen molar-refractivity contribution in [3.63, 3.8) is 0 Å². The van der Waals surface area contributed by atoms with Crippen LogP contribution in [-0.4, -0.2) is 16.1 Å². The van der Waals surface area contributed by atoms with Crippen LogP contribution in [0.3, 0.4) is 0 Å². The monoisotopic (exact) mass is 153 g/mol. The van der Waals surface area contributed by atoms with E-state index >= 15 is 0 Å². The van der Waals surface area contributed by atoms with Gasteiger partial charge >= 0.3 is 5.97 Å². The number of aromatic nitrogens is 1. The third-order valence-corrected chi connectivity index (χ3v) is 1.75. The Morgan fingerprint density at radius 3 is 2.73 bits per heavy atom. The van der Waals surface area contributed by atoms with Crippen molar-refractivity contribution in [3.8, 4) is 0 Å². The summed E-state index contributed by atoms with van der Waals surface area (Å²) in [5.41, 5.74) is 2.02. The van der Waals surface area contributed by atoms with Gasteiger partial charge in [0.25, 0.3) is 0 Å². The van der Waals surface area contributed by atoms with Crippen molar-refractivity contribution < 1.29 is 9.90 Å². The molecule has 0 saturated heterocycles. The number of hydrogen-bond donors (Lipinski definition) is 2. The molecule has 3 nitrogen and oxygen atoms in total. The summed E-state index contributed by atoms with van der Waals surface area (Å²) >= 11 is 0. The van der Waals surface area contributed by atoms with Gasteiger partial charge < -0.3 is 10.1 Å². The minimum absolute atomic E-state index is 0.424. The molecule has 0 aliphatic rings. The molecule has 0 aliphatic heterocycles. The molecule has 1 aromatic heterocycles. The summed E-state index contributed by atoms with van der Waals surface area (Å²) < 4.78 is 0. The minimum Gasteiger partial charge on any atom is -0.478 e. The molecule has 1 heterocycles. The van der Waals surface area contributed by atoms with Crippen LogP contribution in [0.1, 0.15) is 28.5 Å². The molecule has 0 bridgehead atoms. The zero-order valence-electron chi connectivity index (χ0n) is 6.64. The predicted octanol–water partition coefficient (Wildman–Crippen LogP) is 1.58. The molecule has 0 aliphatic carbocycles. The second kappa shape index (κ2) is 2.78. The van der Waals surface area contributed by atoms with Gasteiger partial charge in [-0.15, -0.1) is 0 Å². The van der Waals surface area contributed by atoms with Crippen molar-refractivity contribution in [1.29, 1.82) is 0 Å². The van der Waals surface area contributed by atoms with E-state index in [9.17, 15) is 4.79 Å². The molecule has 3 heteroatoms. The molecule has 0 saturated carbocycles. The van der Waals surface area contributed by atoms with Crippen molar-refractivity contribution in [1.82, 2.24) is 4.98 Å². The van der Waals surface area contributed by atoms with Gasteiger partial charge in [0.15, 0.2) is 0 Å². The Morgan fingerprint density at radius 1 is 1.73 bits per heavy atom. The lowest BCUT2D eigenvalue weighted by Gasteiger charge is -1.94. The van der Waals surface area contributed by atoms with Gasteiger partial charge in [0.1, 0.15) is 0 Å². The Hall–Kier alpha value is -1.25. The number of nitrogens with one attached hydrogen (secondary N) is 1. The largest absolute Gasteiger partial charge is 0.478 e. The third kappa shape index (κ3) is 1.27. The lowest BCUT2D eigenvalue weighted by atomic mass is 10.1. The van der Waals surface area contributed by atoms with Gasteiger partial charge in [-0.05, 0) is 18.9 Å². The van der Waals surface area contributed by atoms with Gasteiger partial charge in [0.2, 0.25) is 0 Å². The first-order valence-electron chi connectivity index (χ1n) is 3.57. The van der Waals surface area contributed by atoms with Gasteiger partial charge in [-0.25, -0.2) is 4.79 Å². The number of carboxylic acid groups (broad SMARTS) is 1. The molecular formula is C8H11NO2. The minimum atomic E-state index is -0.847. The SMILES string of the molecule is CCc1c[nH]c(C)c1C(=O)O. The molecule has 0 amide bonds. The van der Waals surface area contributed by atoms with Crippen LogP contribution in [0.5, 0.6) is 0 Å². The van der Waals surface area contributed by atoms with Crippen LogP contribution in [-0.2, 0) is 6.42 Å². The van der Waals surface area contributed by atoms with Crippen LogP contribution in [0.15, 0.2) is 6.20 Å². The van der Waals surface area contributed by atoms with E-state index in [1.165, 1.54) is 0 Å². The highest BCUT2D eigenvalue weighted by molar-refractivity contribution is 5.90. The summed E-state index contributed by atoms with van der Waals surface area (Å²) in [7, 11) is 0. The van der Waals surface area contributed by atoms with Crippen LogP contribution >= 0.6 is 0 Å². The lowest BCUT2D eigenvalue weighted by molar-refractivity contribution is 0.0695. The van der Waals surface area contributed by atoms with Gasteiger partial charge in [-0.1, -0.05) is 6.92 Å². The smallest absolute Gasteiger partial charge is 0.337 e. The van der Waals surface area contributed by atoms with E-state index in [2.05, 4.69) is 4.98 Å². The van der Waals surface area contributed by atoms with Crippen LogP contribution in [0.2, 0.25) is 0 Å². The van der Waals surface area contributed by atoms with Crippen molar-refractivity contribution >= 4 is 5.97 Å². The van der Waals surface area contributed by atoms with Gasteiger partial charge in [0.05, 0.1) is 5.56 Å². The first-order valence-corrected chi connectivity index (χ1v) is 3.57.